The maximum atomic E-state index is 12.8. The van der Waals surface area contributed by atoms with Gasteiger partial charge in [0, 0.05) is 92.5 Å². The highest BCUT2D eigenvalue weighted by Gasteiger charge is 2.48. The lowest BCUT2D eigenvalue weighted by Crippen LogP contribution is -2.37. The van der Waals surface area contributed by atoms with Crippen LogP contribution in [0, 0.1) is 11.8 Å². The number of benzene rings is 12. The number of ether oxygens (including phenoxy) is 10. The van der Waals surface area contributed by atoms with E-state index < -0.39 is 70.6 Å². The summed E-state index contributed by atoms with van der Waals surface area (Å²) in [4.78, 5) is 54.6. The number of carbonyl (C=O) groups is 4. The normalized spacial score (nSPS) is 17.4. The SMILES string of the molecule is COc1ccc(C2(c3ccc(N4CCOCC4)cc3)C=Cc3c4c(c5cc(OC)c(OC)cc5c3O2)-c2ccc(-c3ccc(CC(CC(=O)O)C(=O)O)c(CCCCCCCCCCc5cc(-c6ccc7c(c6)C(C)(C)c6c8c(c9cc(OC)c(OC)cc9c6-7)OC(c6ccc(OC)cc6)(c6ccc(N7CCOCC7)cc6)C=C8)ccc5CC(CC(=O)O)C(=O)O)c3)cc2C4(C)C)cc1. The molecule has 12 aromatic carbocycles. The maximum absolute atomic E-state index is 12.8. The Hall–Kier alpha value is -13.6. The number of fused-ring (bicyclic) bond motifs is 16. The molecule has 4 aliphatic heterocycles. The van der Waals surface area contributed by atoms with Crippen molar-refractivity contribution in [2.45, 2.75) is 140 Å². The zero-order valence-corrected chi connectivity index (χ0v) is 77.9. The summed E-state index contributed by atoms with van der Waals surface area (Å²) in [6.07, 6.45) is 16.8. The summed E-state index contributed by atoms with van der Waals surface area (Å²) in [6, 6.07) is 67.6. The third kappa shape index (κ3) is 17.1. The summed E-state index contributed by atoms with van der Waals surface area (Å²) in [7, 11) is 9.95. The minimum Gasteiger partial charge on any atom is -0.497 e. The first-order chi connectivity index (χ1) is 64.9. The molecule has 20 heteroatoms. The molecule has 690 valence electrons. The fourth-order valence-electron chi connectivity index (χ4n) is 21.7. The number of carboxylic acids is 4. The number of hydrogen-bond acceptors (Lipinski definition) is 16. The average molecular weight is 1800 g/mol. The average Bonchev–Trinajstić information content (AvgIpc) is 1.52. The van der Waals surface area contributed by atoms with Crippen molar-refractivity contribution in [3.05, 3.63) is 284 Å². The molecule has 2 fully saturated rings. The van der Waals surface area contributed by atoms with E-state index in [0.717, 1.165) is 244 Å². The molecule has 4 unspecified atom stereocenters. The van der Waals surface area contributed by atoms with Crippen LogP contribution < -0.4 is 47.7 Å². The summed E-state index contributed by atoms with van der Waals surface area (Å²) in [5.74, 6) is -1.65. The van der Waals surface area contributed by atoms with E-state index in [-0.39, 0.29) is 12.8 Å². The number of unbranched alkanes of at least 4 members (excludes halogenated alkanes) is 7. The van der Waals surface area contributed by atoms with Gasteiger partial charge in [0.2, 0.25) is 0 Å². The van der Waals surface area contributed by atoms with E-state index in [2.05, 4.69) is 195 Å². The first kappa shape index (κ1) is 91.0. The molecule has 0 bridgehead atoms. The van der Waals surface area contributed by atoms with Crippen LogP contribution in [-0.2, 0) is 76.4 Å². The van der Waals surface area contributed by atoms with Crippen LogP contribution in [0.25, 0.3) is 78.2 Å². The summed E-state index contributed by atoms with van der Waals surface area (Å²) in [5.41, 5.74) is 21.0. The summed E-state index contributed by atoms with van der Waals surface area (Å²) >= 11 is 0. The Bertz CT molecular complexity index is 6180. The Morgan fingerprint density at radius 3 is 1.01 bits per heavy atom. The van der Waals surface area contributed by atoms with Crippen molar-refractivity contribution in [3.8, 4) is 90.5 Å². The van der Waals surface area contributed by atoms with E-state index in [0.29, 0.717) is 73.8 Å². The Balaban J connectivity index is 0.583. The lowest BCUT2D eigenvalue weighted by Gasteiger charge is -2.39. The van der Waals surface area contributed by atoms with Crippen LogP contribution in [0.1, 0.15) is 170 Å². The highest BCUT2D eigenvalue weighted by molar-refractivity contribution is 6.12. The van der Waals surface area contributed by atoms with Crippen LogP contribution in [-0.4, -0.2) is 140 Å². The van der Waals surface area contributed by atoms with Gasteiger partial charge in [-0.05, 0) is 235 Å². The summed E-state index contributed by atoms with van der Waals surface area (Å²) < 4.78 is 62.6. The Labute approximate surface area is 782 Å². The van der Waals surface area contributed by atoms with Gasteiger partial charge >= 0.3 is 23.9 Å². The van der Waals surface area contributed by atoms with Gasteiger partial charge in [0.05, 0.1) is 93.8 Å². The quantitative estimate of drug-likeness (QED) is 0.0270. The van der Waals surface area contributed by atoms with E-state index >= 15 is 0 Å². The predicted octanol–water partition coefficient (Wildman–Crippen LogP) is 22.7. The molecule has 4 N–H and O–H groups in total. The Morgan fingerprint density at radius 1 is 0.366 bits per heavy atom. The van der Waals surface area contributed by atoms with Crippen LogP contribution in [0.4, 0.5) is 11.4 Å². The van der Waals surface area contributed by atoms with Crippen LogP contribution in [0.2, 0.25) is 0 Å². The van der Waals surface area contributed by atoms with E-state index in [1.54, 1.807) is 42.7 Å². The standard InChI is InChI=1S/C114H116N2O18/c1-111(2)95-61-75(25-43-87(95)103-91-65-97(127-7)99(129-9)67-93(91)107-89(105(103)111)45-47-113(133-107,81-31-39-85(125-5)40-32-81)79-27-35-83(36-28-79)115-49-53-131-54-50-115)71-21-23-73(59-77(109(121)122)63-101(117)118)69(57-71)19-17-15-13-11-12-14-16-18-20-70-58-72(22-24-74(70)60-78(110(123)124)64-102(119)120)76-26-44-88-96(62-76)112(3,4)106-90-46-48-114(82-33-41-86(126-6)42-34-82,80-29-37-84(38-30-80)116-51-55-132-56-52-116)134-108(90)94-68-100(130-10)98(128-8)66-92(94)104(88)106/h21-48,57-58,61-62,65-68,77-78H,11-20,49-56,59-60,63-64H2,1-10H3,(H,117,118)(H,119,120)(H,121,122)(H,123,124). The zero-order valence-electron chi connectivity index (χ0n) is 77.9. The molecule has 4 heterocycles. The van der Waals surface area contributed by atoms with Gasteiger partial charge in [-0.15, -0.1) is 0 Å². The molecule has 20 nitrogen and oxygen atoms in total. The smallest absolute Gasteiger partial charge is 0.307 e. The number of methoxy groups -OCH3 is 6. The molecule has 0 spiro atoms. The zero-order chi connectivity index (χ0) is 93.5. The van der Waals surface area contributed by atoms with Crippen molar-refractivity contribution < 1.29 is 87.0 Å². The molecule has 2 aliphatic carbocycles. The molecule has 0 amide bonds. The predicted molar refractivity (Wildman–Crippen MR) is 524 cm³/mol. The molecule has 0 saturated carbocycles. The van der Waals surface area contributed by atoms with Crippen molar-refractivity contribution in [1.29, 1.82) is 0 Å². The van der Waals surface area contributed by atoms with Gasteiger partial charge in [0.15, 0.2) is 34.2 Å². The van der Waals surface area contributed by atoms with Gasteiger partial charge in [-0.2, -0.15) is 0 Å². The van der Waals surface area contributed by atoms with Crippen molar-refractivity contribution in [3.63, 3.8) is 0 Å². The van der Waals surface area contributed by atoms with Gasteiger partial charge in [0.1, 0.15) is 23.0 Å². The highest BCUT2D eigenvalue weighted by Crippen LogP contribution is 2.63. The number of morpholine rings is 2. The number of nitrogens with zero attached hydrogens (tertiary/aromatic N) is 2. The second-order valence-corrected chi connectivity index (χ2v) is 37.3. The van der Waals surface area contributed by atoms with Crippen LogP contribution in [0.5, 0.6) is 46.0 Å². The molecule has 18 rings (SSSR count). The Kier molecular flexibility index (Phi) is 25.7. The maximum Gasteiger partial charge on any atom is 0.307 e. The number of hydrogen-bond donors (Lipinski definition) is 4. The monoisotopic (exact) mass is 1800 g/mol. The van der Waals surface area contributed by atoms with Crippen LogP contribution in [0.15, 0.2) is 206 Å². The summed E-state index contributed by atoms with van der Waals surface area (Å²) in [6.45, 7) is 15.0. The Morgan fingerprint density at radius 2 is 0.687 bits per heavy atom. The molecular weight excluding hydrogens is 1690 g/mol. The lowest BCUT2D eigenvalue weighted by atomic mass is 9.76. The number of rotatable bonds is 35. The number of anilines is 2. The van der Waals surface area contributed by atoms with E-state index in [1.807, 2.05) is 60.7 Å². The topological polar surface area (TPSA) is 248 Å². The largest absolute Gasteiger partial charge is 0.497 e. The van der Waals surface area contributed by atoms with Gasteiger partial charge in [-0.1, -0.05) is 188 Å². The fraction of sp³-hybridized carbons (Fsp3) is 0.333. The third-order valence-electron chi connectivity index (χ3n) is 28.9. The van der Waals surface area contributed by atoms with E-state index in [9.17, 15) is 39.6 Å². The van der Waals surface area contributed by atoms with E-state index in [4.69, 9.17) is 47.4 Å². The number of carboxylic acid groups (broad SMARTS) is 4. The lowest BCUT2D eigenvalue weighted by molar-refractivity contribution is -0.148. The molecule has 6 aliphatic rings. The van der Waals surface area contributed by atoms with Crippen molar-refractivity contribution in [1.82, 2.24) is 0 Å². The second kappa shape index (κ2) is 37.8. The minimum absolute atomic E-state index is 0.0749. The van der Waals surface area contributed by atoms with Crippen molar-refractivity contribution >= 4 is 68.9 Å². The van der Waals surface area contributed by atoms with Crippen LogP contribution in [0.3, 0.4) is 0 Å². The minimum atomic E-state index is -1.16. The first-order valence-corrected chi connectivity index (χ1v) is 46.8. The van der Waals surface area contributed by atoms with Gasteiger partial charge < -0.3 is 77.6 Å². The second-order valence-electron chi connectivity index (χ2n) is 37.3. The molecule has 0 aromatic heterocycles. The fourth-order valence-corrected chi connectivity index (χ4v) is 21.7. The summed E-state index contributed by atoms with van der Waals surface area (Å²) in [5, 5.41) is 44.4. The molecular formula is C114H116N2O18. The van der Waals surface area contributed by atoms with Crippen LogP contribution >= 0.6 is 0 Å². The van der Waals surface area contributed by atoms with Gasteiger partial charge in [-0.3, -0.25) is 19.2 Å². The van der Waals surface area contributed by atoms with E-state index in [1.165, 1.54) is 0 Å². The number of aryl methyl sites for hydroxylation is 2. The molecule has 0 radical (unpaired) electrons. The highest BCUT2D eigenvalue weighted by atomic mass is 16.5. The molecule has 2 saturated heterocycles. The third-order valence-corrected chi connectivity index (χ3v) is 28.9. The molecule has 4 atom stereocenters. The van der Waals surface area contributed by atoms with Gasteiger partial charge in [0.25, 0.3) is 0 Å². The van der Waals surface area contributed by atoms with Gasteiger partial charge in [-0.25, -0.2) is 0 Å². The molecule has 12 aromatic rings. The first-order valence-electron chi connectivity index (χ1n) is 46.8. The van der Waals surface area contributed by atoms with Crippen molar-refractivity contribution in [2.75, 3.05) is 105 Å². The molecule has 134 heavy (non-hydrogen) atoms. The van der Waals surface area contributed by atoms with Crippen molar-refractivity contribution in [2.24, 2.45) is 11.8 Å². The number of aliphatic carboxylic acids is 4.